The zero-order valence-electron chi connectivity index (χ0n) is 12.4. The van der Waals surface area contributed by atoms with Crippen molar-refractivity contribution in [1.29, 1.82) is 0 Å². The number of anilines is 1. The van der Waals surface area contributed by atoms with Crippen molar-refractivity contribution < 1.29 is 5.11 Å². The van der Waals surface area contributed by atoms with Crippen molar-refractivity contribution in [3.8, 4) is 0 Å². The smallest absolute Gasteiger partial charge is 0.0787 e. The second kappa shape index (κ2) is 6.53. The van der Waals surface area contributed by atoms with Gasteiger partial charge >= 0.3 is 0 Å². The largest absolute Gasteiger partial charge is 0.388 e. The first kappa shape index (κ1) is 14.5. The first-order valence-corrected chi connectivity index (χ1v) is 7.02. The average Bonchev–Trinajstić information content (AvgIpc) is 2.46. The lowest BCUT2D eigenvalue weighted by molar-refractivity contribution is 0.173. The standard InChI is InChI=1S/C17H22N2O/c1-4-17(20)14-8-10-16(11-9-14)19(3)12-15-7-5-6-13(2)18-15/h5-11,17,20H,4,12H2,1-3H3/t17-/m1/s1. The zero-order chi connectivity index (χ0) is 14.5. The van der Waals surface area contributed by atoms with E-state index in [1.165, 1.54) is 0 Å². The fourth-order valence-electron chi connectivity index (χ4n) is 2.21. The van der Waals surface area contributed by atoms with Gasteiger partial charge in [-0.1, -0.05) is 25.1 Å². The molecule has 106 valence electrons. The van der Waals surface area contributed by atoms with Crippen LogP contribution in [0.4, 0.5) is 5.69 Å². The van der Waals surface area contributed by atoms with Crippen LogP contribution in [0.15, 0.2) is 42.5 Å². The molecule has 1 atom stereocenters. The number of aliphatic hydroxyl groups is 1. The van der Waals surface area contributed by atoms with Gasteiger partial charge in [-0.3, -0.25) is 4.98 Å². The van der Waals surface area contributed by atoms with Gasteiger partial charge in [-0.15, -0.1) is 0 Å². The first-order valence-electron chi connectivity index (χ1n) is 7.02. The maximum absolute atomic E-state index is 9.80. The number of aromatic nitrogens is 1. The Morgan fingerprint density at radius 2 is 1.85 bits per heavy atom. The van der Waals surface area contributed by atoms with Crippen LogP contribution in [0.2, 0.25) is 0 Å². The van der Waals surface area contributed by atoms with Crippen LogP contribution in [0.3, 0.4) is 0 Å². The Kier molecular flexibility index (Phi) is 4.74. The summed E-state index contributed by atoms with van der Waals surface area (Å²) in [6.07, 6.45) is 0.371. The molecular weight excluding hydrogens is 248 g/mol. The Bertz CT molecular complexity index is 551. The minimum atomic E-state index is -0.368. The third-order valence-electron chi connectivity index (χ3n) is 3.45. The van der Waals surface area contributed by atoms with Crippen LogP contribution in [0, 0.1) is 6.92 Å². The molecule has 0 unspecified atom stereocenters. The highest BCUT2D eigenvalue weighted by atomic mass is 16.3. The molecule has 2 rings (SSSR count). The quantitative estimate of drug-likeness (QED) is 0.903. The van der Waals surface area contributed by atoms with E-state index < -0.39 is 0 Å². The van der Waals surface area contributed by atoms with Crippen LogP contribution >= 0.6 is 0 Å². The minimum Gasteiger partial charge on any atom is -0.388 e. The lowest BCUT2D eigenvalue weighted by Gasteiger charge is -2.20. The van der Waals surface area contributed by atoms with Crippen molar-refractivity contribution in [2.75, 3.05) is 11.9 Å². The molecule has 0 fully saturated rings. The van der Waals surface area contributed by atoms with Crippen LogP contribution in [0.5, 0.6) is 0 Å². The summed E-state index contributed by atoms with van der Waals surface area (Å²) in [5, 5.41) is 9.80. The predicted octanol–water partition coefficient (Wildman–Crippen LogP) is 3.47. The lowest BCUT2D eigenvalue weighted by atomic mass is 10.1. The first-order chi connectivity index (χ1) is 9.60. The van der Waals surface area contributed by atoms with Gasteiger partial charge in [-0.2, -0.15) is 0 Å². The van der Waals surface area contributed by atoms with E-state index in [1.807, 2.05) is 56.3 Å². The Labute approximate surface area is 120 Å². The summed E-state index contributed by atoms with van der Waals surface area (Å²) in [6, 6.07) is 14.1. The van der Waals surface area contributed by atoms with Gasteiger partial charge in [0.05, 0.1) is 18.3 Å². The summed E-state index contributed by atoms with van der Waals surface area (Å²) < 4.78 is 0. The normalized spacial score (nSPS) is 12.2. The van der Waals surface area contributed by atoms with Crippen LogP contribution in [0.25, 0.3) is 0 Å². The molecule has 0 saturated carbocycles. The van der Waals surface area contributed by atoms with Gasteiger partial charge in [0.15, 0.2) is 0 Å². The van der Waals surface area contributed by atoms with E-state index in [-0.39, 0.29) is 6.10 Å². The molecular formula is C17H22N2O. The van der Waals surface area contributed by atoms with E-state index in [0.717, 1.165) is 35.6 Å². The highest BCUT2D eigenvalue weighted by molar-refractivity contribution is 5.47. The number of hydrogen-bond acceptors (Lipinski definition) is 3. The highest BCUT2D eigenvalue weighted by Crippen LogP contribution is 2.21. The molecule has 0 amide bonds. The summed E-state index contributed by atoms with van der Waals surface area (Å²) in [6.45, 7) is 4.76. The summed E-state index contributed by atoms with van der Waals surface area (Å²) in [7, 11) is 2.05. The molecule has 3 nitrogen and oxygen atoms in total. The molecule has 0 radical (unpaired) electrons. The molecule has 2 aromatic rings. The van der Waals surface area contributed by atoms with Crippen molar-refractivity contribution in [2.45, 2.75) is 32.9 Å². The fourth-order valence-corrected chi connectivity index (χ4v) is 2.21. The predicted molar refractivity (Wildman–Crippen MR) is 82.8 cm³/mol. The van der Waals surface area contributed by atoms with Crippen molar-refractivity contribution in [2.24, 2.45) is 0 Å². The lowest BCUT2D eigenvalue weighted by Crippen LogP contribution is -2.17. The van der Waals surface area contributed by atoms with Gasteiger partial charge in [-0.05, 0) is 43.2 Å². The molecule has 0 aliphatic rings. The van der Waals surface area contributed by atoms with Crippen LogP contribution in [0.1, 0.15) is 36.4 Å². The molecule has 0 spiro atoms. The average molecular weight is 270 g/mol. The maximum Gasteiger partial charge on any atom is 0.0787 e. The summed E-state index contributed by atoms with van der Waals surface area (Å²) >= 11 is 0. The number of nitrogens with zero attached hydrogens (tertiary/aromatic N) is 2. The monoisotopic (exact) mass is 270 g/mol. The van der Waals surface area contributed by atoms with E-state index in [4.69, 9.17) is 0 Å². The molecule has 1 N–H and O–H groups in total. The van der Waals surface area contributed by atoms with E-state index in [1.54, 1.807) is 0 Å². The number of pyridine rings is 1. The SMILES string of the molecule is CC[C@@H](O)c1ccc(N(C)Cc2cccc(C)n2)cc1. The van der Waals surface area contributed by atoms with E-state index in [2.05, 4.69) is 16.9 Å². The number of aliphatic hydroxyl groups excluding tert-OH is 1. The Hall–Kier alpha value is -1.87. The van der Waals surface area contributed by atoms with Crippen molar-refractivity contribution in [3.05, 3.63) is 59.4 Å². The second-order valence-electron chi connectivity index (χ2n) is 5.14. The van der Waals surface area contributed by atoms with Gasteiger partial charge < -0.3 is 10.0 Å². The topological polar surface area (TPSA) is 36.4 Å². The van der Waals surface area contributed by atoms with E-state index >= 15 is 0 Å². The molecule has 0 aliphatic carbocycles. The maximum atomic E-state index is 9.80. The van der Waals surface area contributed by atoms with Crippen LogP contribution in [-0.4, -0.2) is 17.1 Å². The van der Waals surface area contributed by atoms with Gasteiger partial charge in [0.1, 0.15) is 0 Å². The molecule has 20 heavy (non-hydrogen) atoms. The zero-order valence-corrected chi connectivity index (χ0v) is 12.4. The molecule has 1 aromatic carbocycles. The second-order valence-corrected chi connectivity index (χ2v) is 5.14. The molecule has 0 saturated heterocycles. The third-order valence-corrected chi connectivity index (χ3v) is 3.45. The number of benzene rings is 1. The third kappa shape index (κ3) is 3.58. The van der Waals surface area contributed by atoms with E-state index in [0.29, 0.717) is 0 Å². The fraction of sp³-hybridized carbons (Fsp3) is 0.353. The van der Waals surface area contributed by atoms with Crippen molar-refractivity contribution in [3.63, 3.8) is 0 Å². The van der Waals surface area contributed by atoms with Gasteiger partial charge in [0.25, 0.3) is 0 Å². The minimum absolute atomic E-state index is 0.368. The van der Waals surface area contributed by atoms with E-state index in [9.17, 15) is 5.11 Å². The van der Waals surface area contributed by atoms with Crippen LogP contribution in [-0.2, 0) is 6.54 Å². The highest BCUT2D eigenvalue weighted by Gasteiger charge is 2.07. The Balaban J connectivity index is 2.07. The van der Waals surface area contributed by atoms with Crippen molar-refractivity contribution in [1.82, 2.24) is 4.98 Å². The van der Waals surface area contributed by atoms with Gasteiger partial charge in [0.2, 0.25) is 0 Å². The molecule has 1 heterocycles. The number of rotatable bonds is 5. The van der Waals surface area contributed by atoms with Gasteiger partial charge in [-0.25, -0.2) is 0 Å². The molecule has 3 heteroatoms. The molecule has 0 aliphatic heterocycles. The van der Waals surface area contributed by atoms with Gasteiger partial charge in [0, 0.05) is 18.4 Å². The Morgan fingerprint density at radius 1 is 1.15 bits per heavy atom. The molecule has 0 bridgehead atoms. The summed E-state index contributed by atoms with van der Waals surface area (Å²) in [5.41, 5.74) is 4.20. The molecule has 1 aromatic heterocycles. The van der Waals surface area contributed by atoms with Crippen LogP contribution < -0.4 is 4.90 Å². The number of aryl methyl sites for hydroxylation is 1. The number of hydrogen-bond donors (Lipinski definition) is 1. The summed E-state index contributed by atoms with van der Waals surface area (Å²) in [4.78, 5) is 6.67. The summed E-state index contributed by atoms with van der Waals surface area (Å²) in [5.74, 6) is 0. The Morgan fingerprint density at radius 3 is 2.45 bits per heavy atom. The van der Waals surface area contributed by atoms with Crippen molar-refractivity contribution >= 4 is 5.69 Å².